The Hall–Kier alpha value is -1.84. The van der Waals surface area contributed by atoms with Gasteiger partial charge in [-0.05, 0) is 23.3 Å². The highest BCUT2D eigenvalue weighted by molar-refractivity contribution is 6.30. The van der Waals surface area contributed by atoms with Gasteiger partial charge in [0.15, 0.2) is 0 Å². The second-order valence-corrected chi connectivity index (χ2v) is 5.63. The van der Waals surface area contributed by atoms with Crippen molar-refractivity contribution in [1.82, 2.24) is 10.4 Å². The van der Waals surface area contributed by atoms with E-state index in [2.05, 4.69) is 51.8 Å². The van der Waals surface area contributed by atoms with Gasteiger partial charge in [0.1, 0.15) is 5.84 Å². The Morgan fingerprint density at radius 1 is 1.05 bits per heavy atom. The van der Waals surface area contributed by atoms with E-state index in [1.165, 1.54) is 11.1 Å². The van der Waals surface area contributed by atoms with Crippen LogP contribution in [0.15, 0.2) is 59.6 Å². The number of rotatable bonds is 3. The van der Waals surface area contributed by atoms with Crippen molar-refractivity contribution < 1.29 is 0 Å². The molecule has 2 aromatic rings. The Bertz CT molecular complexity index is 622. The first-order valence-corrected chi connectivity index (χ1v) is 7.44. The van der Waals surface area contributed by atoms with Gasteiger partial charge in [-0.15, -0.1) is 0 Å². The van der Waals surface area contributed by atoms with Crippen LogP contribution in [0.4, 0.5) is 0 Å². The number of hydrazine groups is 1. The fourth-order valence-corrected chi connectivity index (χ4v) is 2.70. The van der Waals surface area contributed by atoms with E-state index >= 15 is 0 Å². The fourth-order valence-electron chi connectivity index (χ4n) is 2.57. The van der Waals surface area contributed by atoms with Crippen molar-refractivity contribution in [2.24, 2.45) is 4.99 Å². The molecule has 0 saturated carbocycles. The van der Waals surface area contributed by atoms with Crippen LogP contribution < -0.4 is 5.43 Å². The Morgan fingerprint density at radius 3 is 2.38 bits per heavy atom. The third-order valence-electron chi connectivity index (χ3n) is 3.63. The smallest absolute Gasteiger partial charge is 0.123 e. The number of likely N-dealkylation sites (N-methyl/N-ethyl adjacent to an activating group) is 1. The van der Waals surface area contributed by atoms with E-state index < -0.39 is 0 Å². The van der Waals surface area contributed by atoms with Crippen LogP contribution in [-0.2, 0) is 0 Å². The van der Waals surface area contributed by atoms with E-state index in [1.54, 1.807) is 0 Å². The van der Waals surface area contributed by atoms with Crippen molar-refractivity contribution in [1.29, 1.82) is 0 Å². The van der Waals surface area contributed by atoms with Gasteiger partial charge in [0, 0.05) is 18.6 Å². The summed E-state index contributed by atoms with van der Waals surface area (Å²) in [5.74, 6) is 1.09. The summed E-state index contributed by atoms with van der Waals surface area (Å²) in [4.78, 5) is 4.69. The minimum atomic E-state index is 0.103. The van der Waals surface area contributed by atoms with Gasteiger partial charge in [-0.25, -0.2) is 5.01 Å². The van der Waals surface area contributed by atoms with Crippen molar-refractivity contribution in [2.75, 3.05) is 20.1 Å². The van der Waals surface area contributed by atoms with Gasteiger partial charge in [-0.1, -0.05) is 54.1 Å². The Balaban J connectivity index is 2.03. The predicted molar refractivity (Wildman–Crippen MR) is 87.8 cm³/mol. The molecule has 3 rings (SSSR count). The van der Waals surface area contributed by atoms with Gasteiger partial charge in [0.05, 0.1) is 12.5 Å². The molecule has 2 aromatic carbocycles. The molecule has 1 heterocycles. The third-order valence-corrected chi connectivity index (χ3v) is 3.88. The number of amidine groups is 1. The monoisotopic (exact) mass is 299 g/mol. The second-order valence-electron chi connectivity index (χ2n) is 5.20. The maximum Gasteiger partial charge on any atom is 0.123 e. The number of aliphatic imine (C=N–C) groups is 1. The molecule has 1 aliphatic heterocycles. The van der Waals surface area contributed by atoms with Crippen LogP contribution in [0, 0.1) is 0 Å². The van der Waals surface area contributed by atoms with Gasteiger partial charge < -0.3 is 5.43 Å². The summed E-state index contributed by atoms with van der Waals surface area (Å²) in [6.45, 7) is 1.74. The summed E-state index contributed by atoms with van der Waals surface area (Å²) in [5, 5.41) is 2.83. The quantitative estimate of drug-likeness (QED) is 0.941. The Kier molecular flexibility index (Phi) is 4.23. The molecule has 4 heteroatoms. The highest BCUT2D eigenvalue weighted by Gasteiger charge is 2.23. The summed E-state index contributed by atoms with van der Waals surface area (Å²) in [5.41, 5.74) is 5.79. The SMILES string of the molecule is CN1CCN=C([C@@H](c2ccccc2)c2ccc(Cl)cc2)N1. The molecular formula is C17H18ClN3. The van der Waals surface area contributed by atoms with E-state index in [-0.39, 0.29) is 5.92 Å². The normalized spacial score (nSPS) is 17.0. The van der Waals surface area contributed by atoms with Crippen molar-refractivity contribution in [3.05, 3.63) is 70.7 Å². The number of hydrogen-bond donors (Lipinski definition) is 1. The van der Waals surface area contributed by atoms with Crippen LogP contribution >= 0.6 is 11.6 Å². The van der Waals surface area contributed by atoms with Gasteiger partial charge >= 0.3 is 0 Å². The first kappa shape index (κ1) is 14.1. The lowest BCUT2D eigenvalue weighted by atomic mass is 9.90. The first-order valence-electron chi connectivity index (χ1n) is 7.06. The number of nitrogens with one attached hydrogen (secondary N) is 1. The van der Waals surface area contributed by atoms with Crippen molar-refractivity contribution >= 4 is 17.4 Å². The zero-order chi connectivity index (χ0) is 14.7. The first-order chi connectivity index (χ1) is 10.2. The average molecular weight is 300 g/mol. The molecule has 1 aliphatic rings. The molecule has 0 bridgehead atoms. The van der Waals surface area contributed by atoms with Gasteiger partial charge in [-0.2, -0.15) is 0 Å². The van der Waals surface area contributed by atoms with Crippen LogP contribution in [0.3, 0.4) is 0 Å². The number of hydrogen-bond acceptors (Lipinski definition) is 3. The van der Waals surface area contributed by atoms with Crippen molar-refractivity contribution in [3.63, 3.8) is 0 Å². The number of halogens is 1. The lowest BCUT2D eigenvalue weighted by molar-refractivity contribution is 0.284. The minimum Gasteiger partial charge on any atom is -0.306 e. The molecule has 1 N–H and O–H groups in total. The third kappa shape index (κ3) is 3.26. The van der Waals surface area contributed by atoms with Gasteiger partial charge in [-0.3, -0.25) is 4.99 Å². The summed E-state index contributed by atoms with van der Waals surface area (Å²) >= 11 is 6.02. The van der Waals surface area contributed by atoms with Crippen LogP contribution in [-0.4, -0.2) is 31.0 Å². The molecule has 108 valence electrons. The summed E-state index contributed by atoms with van der Waals surface area (Å²) < 4.78 is 0. The number of nitrogens with zero attached hydrogens (tertiary/aromatic N) is 2. The molecule has 21 heavy (non-hydrogen) atoms. The highest BCUT2D eigenvalue weighted by Crippen LogP contribution is 2.27. The van der Waals surface area contributed by atoms with Gasteiger partial charge in [0.25, 0.3) is 0 Å². The standard InChI is InChI=1S/C17H18ClN3/c1-21-12-11-19-17(20-21)16(13-5-3-2-4-6-13)14-7-9-15(18)10-8-14/h2-10,16H,11-12H2,1H3,(H,19,20)/t16-/m0/s1. The fraction of sp³-hybridized carbons (Fsp3) is 0.235. The highest BCUT2D eigenvalue weighted by atomic mass is 35.5. The van der Waals surface area contributed by atoms with Crippen LogP contribution in [0.25, 0.3) is 0 Å². The minimum absolute atomic E-state index is 0.103. The Labute approximate surface area is 130 Å². The number of benzene rings is 2. The largest absolute Gasteiger partial charge is 0.306 e. The van der Waals surface area contributed by atoms with Crippen LogP contribution in [0.5, 0.6) is 0 Å². The zero-order valence-corrected chi connectivity index (χ0v) is 12.7. The zero-order valence-electron chi connectivity index (χ0n) is 12.0. The summed E-state index contributed by atoms with van der Waals surface area (Å²) in [6, 6.07) is 18.4. The lowest BCUT2D eigenvalue weighted by Gasteiger charge is -2.29. The molecule has 0 aliphatic carbocycles. The molecule has 0 aromatic heterocycles. The Morgan fingerprint density at radius 2 is 1.71 bits per heavy atom. The lowest BCUT2D eigenvalue weighted by Crippen LogP contribution is -2.47. The van der Waals surface area contributed by atoms with E-state index in [0.717, 1.165) is 23.9 Å². The average Bonchev–Trinajstić information content (AvgIpc) is 2.51. The molecule has 0 unspecified atom stereocenters. The molecule has 0 amide bonds. The van der Waals surface area contributed by atoms with E-state index in [4.69, 9.17) is 11.6 Å². The molecule has 0 fully saturated rings. The van der Waals surface area contributed by atoms with Crippen LogP contribution in [0.1, 0.15) is 17.0 Å². The summed E-state index contributed by atoms with van der Waals surface area (Å²) in [6.07, 6.45) is 0. The molecule has 0 spiro atoms. The molecule has 0 saturated heterocycles. The maximum absolute atomic E-state index is 6.02. The van der Waals surface area contributed by atoms with E-state index in [0.29, 0.717) is 0 Å². The molecule has 3 nitrogen and oxygen atoms in total. The van der Waals surface area contributed by atoms with Crippen molar-refractivity contribution in [3.8, 4) is 0 Å². The van der Waals surface area contributed by atoms with Crippen molar-refractivity contribution in [2.45, 2.75) is 5.92 Å². The molecular weight excluding hydrogens is 282 g/mol. The maximum atomic E-state index is 6.02. The molecule has 0 radical (unpaired) electrons. The second kappa shape index (κ2) is 6.29. The summed E-state index contributed by atoms with van der Waals surface area (Å²) in [7, 11) is 2.04. The predicted octanol–water partition coefficient (Wildman–Crippen LogP) is 3.32. The van der Waals surface area contributed by atoms with Gasteiger partial charge in [0.2, 0.25) is 0 Å². The van der Waals surface area contributed by atoms with Crippen LogP contribution in [0.2, 0.25) is 5.02 Å². The molecule has 1 atom stereocenters. The van der Waals surface area contributed by atoms with E-state index in [1.807, 2.05) is 25.2 Å². The topological polar surface area (TPSA) is 27.6 Å². The van der Waals surface area contributed by atoms with E-state index in [9.17, 15) is 0 Å².